The quantitative estimate of drug-likeness (QED) is 0.693. The molecule has 0 saturated heterocycles. The van der Waals surface area contributed by atoms with Gasteiger partial charge in [0.2, 0.25) is 0 Å². The largest absolute Gasteiger partial charge is 0.330 e. The summed E-state index contributed by atoms with van der Waals surface area (Å²) < 4.78 is 0. The summed E-state index contributed by atoms with van der Waals surface area (Å²) in [5.41, 5.74) is 9.20. The van der Waals surface area contributed by atoms with Crippen molar-refractivity contribution in [1.29, 1.82) is 0 Å². The minimum Gasteiger partial charge on any atom is -0.330 e. The van der Waals surface area contributed by atoms with Gasteiger partial charge in [0, 0.05) is 17.9 Å². The summed E-state index contributed by atoms with van der Waals surface area (Å²) in [6, 6.07) is 6.12. The fraction of sp³-hybridized carbons (Fsp3) is 0.286. The Morgan fingerprint density at radius 3 is 2.88 bits per heavy atom. The van der Waals surface area contributed by atoms with E-state index in [0.717, 1.165) is 36.5 Å². The van der Waals surface area contributed by atoms with Crippen molar-refractivity contribution in [1.82, 2.24) is 9.88 Å². The maximum Gasteiger partial charge on any atom is 0.131 e. The third-order valence-electron chi connectivity index (χ3n) is 4.43. The average Bonchev–Trinajstić information content (AvgIpc) is 2.61. The lowest BCUT2D eigenvalue weighted by atomic mass is 9.93. The molecule has 1 atom stereocenters. The van der Waals surface area contributed by atoms with E-state index >= 15 is 0 Å². The lowest BCUT2D eigenvalue weighted by Gasteiger charge is -2.40. The van der Waals surface area contributed by atoms with Crippen molar-refractivity contribution in [3.63, 3.8) is 0 Å². The number of hydrogen-bond donors (Lipinski definition) is 2. The number of anilines is 1. The number of nitrogens with one attached hydrogen (secondary N) is 1. The molecule has 4 heteroatoms. The predicted octanol–water partition coefficient (Wildman–Crippen LogP) is 4.35. The number of aromatic nitrogens is 1. The molecular formula is C21H28N4. The van der Waals surface area contributed by atoms with Gasteiger partial charge in [-0.3, -0.25) is 0 Å². The molecule has 1 aliphatic rings. The van der Waals surface area contributed by atoms with E-state index in [-0.39, 0.29) is 0 Å². The standard InChI is InChI=1S/C21H28N4/c1-5-16(2)9-10-19-11-12-20(13-14-22)25(17(19)3)18(4)24-21-8-6-7-15-23-21/h5-10,15,20H,1-2,4,11-14,22H2,3H3,(H,23,24)/b10-9-/t20-/m1/s1. The molecule has 0 bridgehead atoms. The Morgan fingerprint density at radius 2 is 2.24 bits per heavy atom. The Balaban J connectivity index is 2.26. The van der Waals surface area contributed by atoms with Crippen molar-refractivity contribution in [2.45, 2.75) is 32.2 Å². The van der Waals surface area contributed by atoms with Gasteiger partial charge in [0.25, 0.3) is 0 Å². The van der Waals surface area contributed by atoms with Crippen molar-refractivity contribution >= 4 is 5.82 Å². The predicted molar refractivity (Wildman–Crippen MR) is 107 cm³/mol. The van der Waals surface area contributed by atoms with Gasteiger partial charge < -0.3 is 16.0 Å². The number of hydrogen-bond acceptors (Lipinski definition) is 4. The maximum absolute atomic E-state index is 5.83. The molecule has 132 valence electrons. The second-order valence-corrected chi connectivity index (χ2v) is 6.15. The third kappa shape index (κ3) is 4.94. The topological polar surface area (TPSA) is 54.2 Å². The van der Waals surface area contributed by atoms with Crippen LogP contribution in [0.25, 0.3) is 0 Å². The summed E-state index contributed by atoms with van der Waals surface area (Å²) in [5, 5.41) is 3.31. The van der Waals surface area contributed by atoms with E-state index in [1.165, 1.54) is 11.3 Å². The SMILES string of the molecule is C=CC(=C)/C=C\C1=C(C)N(C(=C)Nc2ccccn2)[C@@H](CCN)CC1. The summed E-state index contributed by atoms with van der Waals surface area (Å²) in [7, 11) is 0. The van der Waals surface area contributed by atoms with E-state index in [1.807, 2.05) is 24.3 Å². The van der Waals surface area contributed by atoms with Gasteiger partial charge in [-0.15, -0.1) is 0 Å². The molecule has 0 spiro atoms. The highest BCUT2D eigenvalue weighted by Crippen LogP contribution is 2.32. The number of allylic oxidation sites excluding steroid dienone is 6. The van der Waals surface area contributed by atoms with Crippen molar-refractivity contribution in [2.75, 3.05) is 11.9 Å². The highest BCUT2D eigenvalue weighted by atomic mass is 15.3. The van der Waals surface area contributed by atoms with Crippen molar-refractivity contribution in [3.8, 4) is 0 Å². The van der Waals surface area contributed by atoms with Gasteiger partial charge >= 0.3 is 0 Å². The zero-order valence-electron chi connectivity index (χ0n) is 15.0. The molecule has 0 saturated carbocycles. The van der Waals surface area contributed by atoms with Gasteiger partial charge in [0.15, 0.2) is 0 Å². The van der Waals surface area contributed by atoms with Crippen LogP contribution in [0.3, 0.4) is 0 Å². The average molecular weight is 336 g/mol. The number of nitrogens with zero attached hydrogens (tertiary/aromatic N) is 2. The molecule has 25 heavy (non-hydrogen) atoms. The summed E-state index contributed by atoms with van der Waals surface area (Å²) in [5.74, 6) is 1.61. The number of rotatable bonds is 8. The number of pyridine rings is 1. The zero-order chi connectivity index (χ0) is 18.2. The van der Waals surface area contributed by atoms with Gasteiger partial charge in [-0.25, -0.2) is 4.98 Å². The first kappa shape index (κ1) is 18.7. The molecule has 1 aliphatic heterocycles. The Kier molecular flexibility index (Phi) is 6.78. The van der Waals surface area contributed by atoms with Gasteiger partial charge in [-0.05, 0) is 56.0 Å². The van der Waals surface area contributed by atoms with Crippen molar-refractivity contribution in [2.24, 2.45) is 5.73 Å². The molecule has 0 aromatic carbocycles. The molecule has 3 N–H and O–H groups in total. The van der Waals surface area contributed by atoms with Crippen molar-refractivity contribution < 1.29 is 0 Å². The second kappa shape index (κ2) is 9.04. The summed E-state index contributed by atoms with van der Waals surface area (Å²) >= 11 is 0. The smallest absolute Gasteiger partial charge is 0.131 e. The van der Waals surface area contributed by atoms with E-state index in [9.17, 15) is 0 Å². The first-order valence-electron chi connectivity index (χ1n) is 8.62. The minimum atomic E-state index is 0.341. The molecular weight excluding hydrogens is 308 g/mol. The normalized spacial score (nSPS) is 17.7. The molecule has 0 amide bonds. The van der Waals surface area contributed by atoms with Crippen LogP contribution in [0, 0.1) is 0 Å². The first-order chi connectivity index (χ1) is 12.1. The third-order valence-corrected chi connectivity index (χ3v) is 4.43. The summed E-state index contributed by atoms with van der Waals surface area (Å²) in [4.78, 5) is 6.57. The van der Waals surface area contributed by atoms with Crippen LogP contribution in [0.1, 0.15) is 26.2 Å². The lowest BCUT2D eigenvalue weighted by molar-refractivity contribution is 0.267. The van der Waals surface area contributed by atoms with Crippen LogP contribution in [0.2, 0.25) is 0 Å². The van der Waals surface area contributed by atoms with Crippen LogP contribution >= 0.6 is 0 Å². The van der Waals surface area contributed by atoms with Crippen molar-refractivity contribution in [3.05, 3.63) is 85.0 Å². The summed E-state index contributed by atoms with van der Waals surface area (Å²) in [6.45, 7) is 14.7. The minimum absolute atomic E-state index is 0.341. The van der Waals surface area contributed by atoms with Crippen LogP contribution < -0.4 is 11.1 Å². The van der Waals surface area contributed by atoms with Crippen LogP contribution in [-0.4, -0.2) is 22.5 Å². The molecule has 1 aromatic rings. The van der Waals surface area contributed by atoms with E-state index < -0.39 is 0 Å². The van der Waals surface area contributed by atoms with Gasteiger partial charge in [-0.1, -0.05) is 44.0 Å². The molecule has 2 rings (SSSR count). The molecule has 2 heterocycles. The molecule has 4 nitrogen and oxygen atoms in total. The monoisotopic (exact) mass is 336 g/mol. The first-order valence-corrected chi connectivity index (χ1v) is 8.62. The molecule has 0 radical (unpaired) electrons. The molecule has 1 aromatic heterocycles. The van der Waals surface area contributed by atoms with Crippen LogP contribution in [0.4, 0.5) is 5.82 Å². The van der Waals surface area contributed by atoms with E-state index in [0.29, 0.717) is 12.6 Å². The Hall–Kier alpha value is -2.59. The molecule has 0 aliphatic carbocycles. The maximum atomic E-state index is 5.83. The van der Waals surface area contributed by atoms with E-state index in [2.05, 4.69) is 47.9 Å². The van der Waals surface area contributed by atoms with Gasteiger partial charge in [0.1, 0.15) is 11.6 Å². The molecule has 0 fully saturated rings. The highest BCUT2D eigenvalue weighted by Gasteiger charge is 2.27. The van der Waals surface area contributed by atoms with Gasteiger partial charge in [0.05, 0.1) is 0 Å². The van der Waals surface area contributed by atoms with Crippen LogP contribution in [-0.2, 0) is 0 Å². The number of nitrogens with two attached hydrogens (primary N) is 1. The van der Waals surface area contributed by atoms with Crippen LogP contribution in [0.15, 0.2) is 85.0 Å². The fourth-order valence-electron chi connectivity index (χ4n) is 3.07. The van der Waals surface area contributed by atoms with Gasteiger partial charge in [-0.2, -0.15) is 0 Å². The van der Waals surface area contributed by atoms with E-state index in [1.54, 1.807) is 12.3 Å². The second-order valence-electron chi connectivity index (χ2n) is 6.15. The highest BCUT2D eigenvalue weighted by molar-refractivity contribution is 5.42. The zero-order valence-corrected chi connectivity index (χ0v) is 15.0. The summed E-state index contributed by atoms with van der Waals surface area (Å²) in [6.07, 6.45) is 10.6. The van der Waals surface area contributed by atoms with Crippen LogP contribution in [0.5, 0.6) is 0 Å². The fourth-order valence-corrected chi connectivity index (χ4v) is 3.07. The lowest BCUT2D eigenvalue weighted by Crippen LogP contribution is -2.40. The van der Waals surface area contributed by atoms with E-state index in [4.69, 9.17) is 5.73 Å². The molecule has 0 unspecified atom stereocenters. The Morgan fingerprint density at radius 1 is 1.44 bits per heavy atom. The Bertz CT molecular complexity index is 685. The Labute approximate surface area is 151 Å².